The van der Waals surface area contributed by atoms with Gasteiger partial charge in [0, 0.05) is 18.8 Å². The number of nitrogens with zero attached hydrogens (tertiary/aromatic N) is 1. The predicted octanol–water partition coefficient (Wildman–Crippen LogP) is 3.72. The molecule has 1 atom stereocenters. The molecule has 1 heterocycles. The minimum atomic E-state index is -0.476. The second-order valence-electron chi connectivity index (χ2n) is 7.07. The van der Waals surface area contributed by atoms with Crippen molar-refractivity contribution in [1.29, 1.82) is 0 Å². The molecule has 3 N–H and O–H groups in total. The molecule has 3 rings (SSSR count). The summed E-state index contributed by atoms with van der Waals surface area (Å²) in [7, 11) is 0. The largest absolute Gasteiger partial charge is 0.359 e. The first-order valence-corrected chi connectivity index (χ1v) is 9.75. The van der Waals surface area contributed by atoms with E-state index in [2.05, 4.69) is 16.0 Å². The van der Waals surface area contributed by atoms with Crippen molar-refractivity contribution in [3.8, 4) is 0 Å². The Labute approximate surface area is 170 Å². The normalized spacial score (nSPS) is 16.1. The van der Waals surface area contributed by atoms with E-state index < -0.39 is 5.54 Å². The molecule has 0 aliphatic carbocycles. The molecule has 0 spiro atoms. The summed E-state index contributed by atoms with van der Waals surface area (Å²) in [4.78, 5) is 26.1. The van der Waals surface area contributed by atoms with Crippen molar-refractivity contribution in [1.82, 2.24) is 10.6 Å². The molecule has 1 aliphatic rings. The van der Waals surface area contributed by atoms with Crippen LogP contribution in [0.2, 0.25) is 5.02 Å². The zero-order valence-electron chi connectivity index (χ0n) is 16.1. The number of rotatable bonds is 5. The van der Waals surface area contributed by atoms with Crippen molar-refractivity contribution < 1.29 is 9.59 Å². The van der Waals surface area contributed by atoms with Gasteiger partial charge in [-0.05, 0) is 37.1 Å². The molecule has 2 aromatic carbocycles. The summed E-state index contributed by atoms with van der Waals surface area (Å²) >= 11 is 6.41. The number of halogens is 1. The average Bonchev–Trinajstić information content (AvgIpc) is 2.68. The summed E-state index contributed by atoms with van der Waals surface area (Å²) in [6.45, 7) is 5.60. The molecule has 2 aromatic rings. The lowest BCUT2D eigenvalue weighted by atomic mass is 9.89. The maximum atomic E-state index is 12.6. The summed E-state index contributed by atoms with van der Waals surface area (Å²) < 4.78 is 0. The molecule has 0 aromatic heterocycles. The summed E-state index contributed by atoms with van der Waals surface area (Å²) in [5.41, 5.74) is 1.95. The number of nitrogens with one attached hydrogen (secondary N) is 3. The van der Waals surface area contributed by atoms with Gasteiger partial charge in [-0.1, -0.05) is 48.9 Å². The van der Waals surface area contributed by atoms with Crippen LogP contribution in [-0.4, -0.2) is 31.6 Å². The topological polar surface area (TPSA) is 73.5 Å². The quantitative estimate of drug-likeness (QED) is 0.716. The highest BCUT2D eigenvalue weighted by Crippen LogP contribution is 2.30. The highest BCUT2D eigenvalue weighted by molar-refractivity contribution is 6.33. The molecule has 0 bridgehead atoms. The number of hydrogen-bond donors (Lipinski definition) is 3. The zero-order chi connectivity index (χ0) is 20.1. The van der Waals surface area contributed by atoms with E-state index in [0.29, 0.717) is 23.8 Å². The van der Waals surface area contributed by atoms with Gasteiger partial charge in [0.15, 0.2) is 0 Å². The first kappa shape index (κ1) is 20.0. The van der Waals surface area contributed by atoms with Gasteiger partial charge in [0.1, 0.15) is 0 Å². The van der Waals surface area contributed by atoms with Gasteiger partial charge < -0.3 is 20.9 Å². The maximum absolute atomic E-state index is 12.6. The van der Waals surface area contributed by atoms with Crippen LogP contribution in [0.3, 0.4) is 0 Å². The van der Waals surface area contributed by atoms with E-state index >= 15 is 0 Å². The average molecular weight is 401 g/mol. The molecule has 1 saturated heterocycles. The number of benzene rings is 2. The fourth-order valence-corrected chi connectivity index (χ4v) is 3.57. The van der Waals surface area contributed by atoms with Gasteiger partial charge in [-0.2, -0.15) is 0 Å². The summed E-state index contributed by atoms with van der Waals surface area (Å²) in [6, 6.07) is 14.9. The van der Waals surface area contributed by atoms with Gasteiger partial charge >= 0.3 is 6.03 Å². The van der Waals surface area contributed by atoms with Crippen LogP contribution < -0.4 is 20.9 Å². The second-order valence-corrected chi connectivity index (χ2v) is 7.48. The molecule has 1 fully saturated rings. The van der Waals surface area contributed by atoms with Crippen molar-refractivity contribution in [3.05, 3.63) is 59.1 Å². The van der Waals surface area contributed by atoms with E-state index in [4.69, 9.17) is 11.6 Å². The fraction of sp³-hybridized carbons (Fsp3) is 0.333. The Balaban J connectivity index is 1.68. The van der Waals surface area contributed by atoms with Crippen molar-refractivity contribution >= 4 is 34.9 Å². The zero-order valence-corrected chi connectivity index (χ0v) is 16.8. The molecule has 1 unspecified atom stereocenters. The summed E-state index contributed by atoms with van der Waals surface area (Å²) in [6.07, 6.45) is 0.751. The molecule has 28 heavy (non-hydrogen) atoms. The van der Waals surface area contributed by atoms with Crippen LogP contribution in [0.1, 0.15) is 25.8 Å². The molecule has 0 saturated carbocycles. The van der Waals surface area contributed by atoms with Crippen LogP contribution in [0.25, 0.3) is 0 Å². The first-order valence-electron chi connectivity index (χ1n) is 9.37. The Morgan fingerprint density at radius 3 is 2.64 bits per heavy atom. The molecule has 1 aliphatic heterocycles. The number of urea groups is 1. The monoisotopic (exact) mass is 400 g/mol. The molecule has 6 nitrogen and oxygen atoms in total. The standard InChI is InChI=1S/C21H25ClN4O2/c1-3-21(2,15-7-5-4-6-8-15)25-20(28)24-16-9-10-18(17(22)13-16)26-12-11-23-19(27)14-26/h4-10,13H,3,11-12,14H2,1-2H3,(H,23,27)(H2,24,25,28). The highest BCUT2D eigenvalue weighted by Gasteiger charge is 2.26. The highest BCUT2D eigenvalue weighted by atomic mass is 35.5. The van der Waals surface area contributed by atoms with Gasteiger partial charge in [0.2, 0.25) is 5.91 Å². The van der Waals surface area contributed by atoms with Crippen molar-refractivity contribution in [2.24, 2.45) is 0 Å². The fourth-order valence-electron chi connectivity index (χ4n) is 3.27. The minimum absolute atomic E-state index is 0.0244. The molecular formula is C21H25ClN4O2. The Hall–Kier alpha value is -2.73. The molecule has 3 amide bonds. The van der Waals surface area contributed by atoms with E-state index in [9.17, 15) is 9.59 Å². The van der Waals surface area contributed by atoms with Crippen molar-refractivity contribution in [3.63, 3.8) is 0 Å². The van der Waals surface area contributed by atoms with E-state index in [1.165, 1.54) is 0 Å². The number of anilines is 2. The first-order chi connectivity index (χ1) is 13.4. The van der Waals surface area contributed by atoms with E-state index in [-0.39, 0.29) is 18.5 Å². The van der Waals surface area contributed by atoms with Crippen LogP contribution in [0.4, 0.5) is 16.2 Å². The van der Waals surface area contributed by atoms with Gasteiger partial charge in [0.05, 0.1) is 22.8 Å². The number of carbonyl (C=O) groups is 2. The van der Waals surface area contributed by atoms with Crippen LogP contribution >= 0.6 is 11.6 Å². The lowest BCUT2D eigenvalue weighted by Gasteiger charge is -2.31. The number of carbonyl (C=O) groups excluding carboxylic acids is 2. The summed E-state index contributed by atoms with van der Waals surface area (Å²) in [5.74, 6) is -0.0244. The maximum Gasteiger partial charge on any atom is 0.319 e. The smallest absolute Gasteiger partial charge is 0.319 e. The Bertz CT molecular complexity index is 859. The van der Waals surface area contributed by atoms with Gasteiger partial charge in [-0.25, -0.2) is 4.79 Å². The minimum Gasteiger partial charge on any atom is -0.359 e. The lowest BCUT2D eigenvalue weighted by Crippen LogP contribution is -2.47. The number of hydrogen-bond acceptors (Lipinski definition) is 3. The van der Waals surface area contributed by atoms with Crippen molar-refractivity contribution in [2.75, 3.05) is 29.9 Å². The van der Waals surface area contributed by atoms with E-state index in [1.807, 2.05) is 55.1 Å². The third kappa shape index (κ3) is 4.57. The molecule has 0 radical (unpaired) electrons. The van der Waals surface area contributed by atoms with E-state index in [1.54, 1.807) is 12.1 Å². The molecule has 7 heteroatoms. The Morgan fingerprint density at radius 2 is 2.00 bits per heavy atom. The van der Waals surface area contributed by atoms with Crippen LogP contribution in [0.5, 0.6) is 0 Å². The molecule has 148 valence electrons. The molecular weight excluding hydrogens is 376 g/mol. The third-order valence-corrected chi connectivity index (χ3v) is 5.39. The summed E-state index contributed by atoms with van der Waals surface area (Å²) in [5, 5.41) is 9.19. The van der Waals surface area contributed by atoms with Gasteiger partial charge in [-0.3, -0.25) is 4.79 Å². The Morgan fingerprint density at radius 1 is 1.25 bits per heavy atom. The third-order valence-electron chi connectivity index (χ3n) is 5.09. The number of piperazine rings is 1. The number of amides is 3. The van der Waals surface area contributed by atoms with Crippen molar-refractivity contribution in [2.45, 2.75) is 25.8 Å². The van der Waals surface area contributed by atoms with Crippen LogP contribution in [0, 0.1) is 0 Å². The van der Waals surface area contributed by atoms with Crippen LogP contribution in [-0.2, 0) is 10.3 Å². The SMILES string of the molecule is CCC(C)(NC(=O)Nc1ccc(N2CCNC(=O)C2)c(Cl)c1)c1ccccc1. The predicted molar refractivity (Wildman–Crippen MR) is 113 cm³/mol. The van der Waals surface area contributed by atoms with Gasteiger partial charge in [-0.15, -0.1) is 0 Å². The van der Waals surface area contributed by atoms with Gasteiger partial charge in [0.25, 0.3) is 0 Å². The van der Waals surface area contributed by atoms with Crippen LogP contribution in [0.15, 0.2) is 48.5 Å². The Kier molecular flexibility index (Phi) is 6.09. The lowest BCUT2D eigenvalue weighted by molar-refractivity contribution is -0.120. The van der Waals surface area contributed by atoms with E-state index in [0.717, 1.165) is 17.7 Å². The second kappa shape index (κ2) is 8.52.